The fourth-order valence-corrected chi connectivity index (χ4v) is 2.34. The zero-order chi connectivity index (χ0) is 21.1. The molecule has 0 unspecified atom stereocenters. The van der Waals surface area contributed by atoms with E-state index in [-0.39, 0.29) is 24.8 Å². The monoisotopic (exact) mass is 412 g/mol. The van der Waals surface area contributed by atoms with Gasteiger partial charge in [-0.2, -0.15) is 0 Å². The lowest BCUT2D eigenvalue weighted by Gasteiger charge is -2.21. The highest BCUT2D eigenvalue weighted by Gasteiger charge is 2.26. The summed E-state index contributed by atoms with van der Waals surface area (Å²) in [5.74, 6) is -2.29. The molecule has 0 heterocycles. The average molecular weight is 413 g/mol. The van der Waals surface area contributed by atoms with E-state index in [1.54, 1.807) is 31.2 Å². The van der Waals surface area contributed by atoms with Gasteiger partial charge in [-0.3, -0.25) is 14.4 Å². The SMILES string of the molecule is CC[C@H](C)[C@@H](NC(=O)COC(=O)CCNC(=O)c1ccc(Cl)cc1)C(=O)OC. The number of hydrogen-bond donors (Lipinski definition) is 2. The summed E-state index contributed by atoms with van der Waals surface area (Å²) < 4.78 is 9.53. The van der Waals surface area contributed by atoms with Gasteiger partial charge in [0.15, 0.2) is 6.61 Å². The zero-order valence-corrected chi connectivity index (χ0v) is 16.9. The highest BCUT2D eigenvalue weighted by Crippen LogP contribution is 2.10. The lowest BCUT2D eigenvalue weighted by atomic mass is 9.99. The Morgan fingerprint density at radius 1 is 1.14 bits per heavy atom. The van der Waals surface area contributed by atoms with Crippen molar-refractivity contribution in [2.75, 3.05) is 20.3 Å². The molecule has 0 aromatic heterocycles. The van der Waals surface area contributed by atoms with Crippen molar-refractivity contribution in [2.24, 2.45) is 5.92 Å². The number of hydrogen-bond acceptors (Lipinski definition) is 6. The van der Waals surface area contributed by atoms with Crippen LogP contribution in [0, 0.1) is 5.92 Å². The van der Waals surface area contributed by atoms with Crippen molar-refractivity contribution < 1.29 is 28.7 Å². The summed E-state index contributed by atoms with van der Waals surface area (Å²) in [6.07, 6.45) is 0.561. The van der Waals surface area contributed by atoms with E-state index in [4.69, 9.17) is 16.3 Å². The number of rotatable bonds is 10. The Balaban J connectivity index is 2.35. The third-order valence-electron chi connectivity index (χ3n) is 4.07. The predicted molar refractivity (Wildman–Crippen MR) is 103 cm³/mol. The molecule has 0 saturated heterocycles. The standard InChI is InChI=1S/C19H25ClN2O6/c1-4-12(2)17(19(26)27-3)22-15(23)11-28-16(24)9-10-21-18(25)13-5-7-14(20)8-6-13/h5-8,12,17H,4,9-11H2,1-3H3,(H,21,25)(H,22,23)/t12-,17+/m0/s1. The summed E-state index contributed by atoms with van der Waals surface area (Å²) in [6.45, 7) is 3.22. The van der Waals surface area contributed by atoms with E-state index in [9.17, 15) is 19.2 Å². The molecule has 2 N–H and O–H groups in total. The van der Waals surface area contributed by atoms with Gasteiger partial charge < -0.3 is 20.1 Å². The molecule has 0 aliphatic heterocycles. The minimum absolute atomic E-state index is 0.0551. The van der Waals surface area contributed by atoms with Crippen molar-refractivity contribution in [1.82, 2.24) is 10.6 Å². The summed E-state index contributed by atoms with van der Waals surface area (Å²) in [7, 11) is 1.24. The molecule has 0 radical (unpaired) electrons. The molecule has 0 fully saturated rings. The zero-order valence-electron chi connectivity index (χ0n) is 16.1. The molecule has 0 aliphatic carbocycles. The van der Waals surface area contributed by atoms with Crippen LogP contribution >= 0.6 is 11.6 Å². The number of halogens is 1. The molecule has 1 rings (SSSR count). The number of carbonyl (C=O) groups is 4. The van der Waals surface area contributed by atoms with Gasteiger partial charge in [0.2, 0.25) is 0 Å². The lowest BCUT2D eigenvalue weighted by molar-refractivity contribution is -0.150. The summed E-state index contributed by atoms with van der Waals surface area (Å²) >= 11 is 5.75. The van der Waals surface area contributed by atoms with Crippen molar-refractivity contribution in [2.45, 2.75) is 32.7 Å². The molecule has 9 heteroatoms. The molecular weight excluding hydrogens is 388 g/mol. The van der Waals surface area contributed by atoms with Gasteiger partial charge in [-0.1, -0.05) is 31.9 Å². The van der Waals surface area contributed by atoms with E-state index in [0.717, 1.165) is 0 Å². The Morgan fingerprint density at radius 3 is 2.36 bits per heavy atom. The number of ether oxygens (including phenoxy) is 2. The number of nitrogens with one attached hydrogen (secondary N) is 2. The highest BCUT2D eigenvalue weighted by atomic mass is 35.5. The average Bonchev–Trinajstić information content (AvgIpc) is 2.69. The fraction of sp³-hybridized carbons (Fsp3) is 0.474. The third-order valence-corrected chi connectivity index (χ3v) is 4.32. The van der Waals surface area contributed by atoms with Crippen LogP contribution in [0.15, 0.2) is 24.3 Å². The second-order valence-electron chi connectivity index (χ2n) is 6.13. The van der Waals surface area contributed by atoms with Crippen LogP contribution in [0.1, 0.15) is 37.0 Å². The predicted octanol–water partition coefficient (Wildman–Crippen LogP) is 1.71. The second kappa shape index (κ2) is 12.0. The van der Waals surface area contributed by atoms with Crippen LogP contribution in [0.25, 0.3) is 0 Å². The van der Waals surface area contributed by atoms with Crippen LogP contribution < -0.4 is 10.6 Å². The molecular formula is C19H25ClN2O6. The molecule has 0 saturated carbocycles. The Kier molecular flexibility index (Phi) is 10.0. The normalized spacial score (nSPS) is 12.4. The van der Waals surface area contributed by atoms with E-state index in [1.807, 2.05) is 6.92 Å². The number of benzene rings is 1. The molecule has 1 aromatic carbocycles. The summed E-state index contributed by atoms with van der Waals surface area (Å²) in [5.41, 5.74) is 0.413. The van der Waals surface area contributed by atoms with Crippen LogP contribution in [0.5, 0.6) is 0 Å². The number of carbonyl (C=O) groups excluding carboxylic acids is 4. The van der Waals surface area contributed by atoms with E-state index >= 15 is 0 Å². The molecule has 0 spiro atoms. The summed E-state index contributed by atoms with van der Waals surface area (Å²) in [6, 6.07) is 5.50. The first kappa shape index (κ1) is 23.4. The van der Waals surface area contributed by atoms with Gasteiger partial charge >= 0.3 is 11.9 Å². The van der Waals surface area contributed by atoms with E-state index in [1.165, 1.54) is 7.11 Å². The van der Waals surface area contributed by atoms with Crippen molar-refractivity contribution in [3.05, 3.63) is 34.9 Å². The number of amides is 2. The lowest BCUT2D eigenvalue weighted by Crippen LogP contribution is -2.47. The van der Waals surface area contributed by atoms with Gasteiger partial charge in [-0.15, -0.1) is 0 Å². The quantitative estimate of drug-likeness (QED) is 0.566. The van der Waals surface area contributed by atoms with Crippen molar-refractivity contribution in [3.8, 4) is 0 Å². The minimum Gasteiger partial charge on any atom is -0.467 e. The van der Waals surface area contributed by atoms with Crippen LogP contribution in [-0.4, -0.2) is 50.1 Å². The molecule has 2 amide bonds. The smallest absolute Gasteiger partial charge is 0.328 e. The molecule has 1 aromatic rings. The molecule has 0 bridgehead atoms. The Bertz CT molecular complexity index is 692. The summed E-state index contributed by atoms with van der Waals surface area (Å²) in [4.78, 5) is 47.3. The Labute approximate surface area is 168 Å². The van der Waals surface area contributed by atoms with Gasteiger partial charge in [0.25, 0.3) is 11.8 Å². The van der Waals surface area contributed by atoms with Gasteiger partial charge in [0, 0.05) is 17.1 Å². The molecule has 8 nitrogen and oxygen atoms in total. The third kappa shape index (κ3) is 7.96. The highest BCUT2D eigenvalue weighted by molar-refractivity contribution is 6.30. The van der Waals surface area contributed by atoms with Crippen LogP contribution in [-0.2, 0) is 23.9 Å². The van der Waals surface area contributed by atoms with Crippen LogP contribution in [0.4, 0.5) is 0 Å². The van der Waals surface area contributed by atoms with Crippen molar-refractivity contribution >= 4 is 35.4 Å². The second-order valence-corrected chi connectivity index (χ2v) is 6.56. The van der Waals surface area contributed by atoms with Crippen molar-refractivity contribution in [3.63, 3.8) is 0 Å². The van der Waals surface area contributed by atoms with Crippen LogP contribution in [0.2, 0.25) is 5.02 Å². The maximum absolute atomic E-state index is 11.9. The van der Waals surface area contributed by atoms with Gasteiger partial charge in [0.1, 0.15) is 6.04 Å². The van der Waals surface area contributed by atoms with Crippen LogP contribution in [0.3, 0.4) is 0 Å². The van der Waals surface area contributed by atoms with E-state index < -0.39 is 30.5 Å². The van der Waals surface area contributed by atoms with Gasteiger partial charge in [-0.05, 0) is 30.2 Å². The first-order valence-electron chi connectivity index (χ1n) is 8.85. The molecule has 154 valence electrons. The minimum atomic E-state index is -0.806. The first-order valence-corrected chi connectivity index (χ1v) is 9.22. The Hall–Kier alpha value is -2.61. The van der Waals surface area contributed by atoms with Gasteiger partial charge in [-0.25, -0.2) is 4.79 Å². The van der Waals surface area contributed by atoms with E-state index in [0.29, 0.717) is 17.0 Å². The number of methoxy groups -OCH3 is 1. The number of esters is 2. The van der Waals surface area contributed by atoms with Crippen molar-refractivity contribution in [1.29, 1.82) is 0 Å². The maximum Gasteiger partial charge on any atom is 0.328 e. The first-order chi connectivity index (χ1) is 13.3. The topological polar surface area (TPSA) is 111 Å². The van der Waals surface area contributed by atoms with Gasteiger partial charge in [0.05, 0.1) is 13.5 Å². The maximum atomic E-state index is 11.9. The molecule has 2 atom stereocenters. The Morgan fingerprint density at radius 2 is 1.79 bits per heavy atom. The molecule has 0 aliphatic rings. The summed E-state index contributed by atoms with van der Waals surface area (Å²) in [5, 5.41) is 5.59. The fourth-order valence-electron chi connectivity index (χ4n) is 2.21. The molecule has 28 heavy (non-hydrogen) atoms. The largest absolute Gasteiger partial charge is 0.467 e. The van der Waals surface area contributed by atoms with E-state index in [2.05, 4.69) is 15.4 Å².